The van der Waals surface area contributed by atoms with Crippen LogP contribution in [0.3, 0.4) is 0 Å². The Morgan fingerprint density at radius 2 is 1.69 bits per heavy atom. The summed E-state index contributed by atoms with van der Waals surface area (Å²) in [6, 6.07) is 20.6. The van der Waals surface area contributed by atoms with E-state index in [1.165, 1.54) is 10.6 Å². The fourth-order valence-corrected chi connectivity index (χ4v) is 4.69. The standard InChI is InChI=1S/C30H32N2O4/c1-22(25-14-12-23(13-15-25)10-11-24-16-18-31(4)27(33)20-24)32-19-17-30(36-28(32)34,21-29(2,3)35)26-8-6-5-7-9-26/h5-9,12-16,18,20,22,35H,17,19,21H2,1-4H3. The first-order valence-corrected chi connectivity index (χ1v) is 12.1. The zero-order valence-electron chi connectivity index (χ0n) is 21.2. The van der Waals surface area contributed by atoms with Gasteiger partial charge in [-0.3, -0.25) is 4.79 Å². The predicted molar refractivity (Wildman–Crippen MR) is 139 cm³/mol. The molecule has 0 radical (unpaired) electrons. The molecule has 6 heteroatoms. The van der Waals surface area contributed by atoms with Crippen molar-refractivity contribution in [2.75, 3.05) is 6.54 Å². The Hall–Kier alpha value is -3.82. The Labute approximate surface area is 212 Å². The number of aromatic nitrogens is 1. The SMILES string of the molecule is CC(c1ccc(C#Cc2ccn(C)c(=O)c2)cc1)N1CCC(CC(C)(C)O)(c2ccccc2)OC1=O. The molecular weight excluding hydrogens is 452 g/mol. The van der Waals surface area contributed by atoms with Crippen LogP contribution in [-0.4, -0.2) is 32.8 Å². The molecule has 2 heterocycles. The number of amides is 1. The van der Waals surface area contributed by atoms with Crippen LogP contribution < -0.4 is 5.56 Å². The number of nitrogens with zero attached hydrogens (tertiary/aromatic N) is 2. The van der Waals surface area contributed by atoms with Crippen molar-refractivity contribution >= 4 is 6.09 Å². The summed E-state index contributed by atoms with van der Waals surface area (Å²) in [6.07, 6.45) is 2.20. The highest BCUT2D eigenvalue weighted by Crippen LogP contribution is 2.42. The minimum atomic E-state index is -0.993. The number of hydrogen-bond donors (Lipinski definition) is 1. The van der Waals surface area contributed by atoms with Crippen molar-refractivity contribution in [3.05, 3.63) is 106 Å². The number of cyclic esters (lactones) is 1. The predicted octanol–water partition coefficient (Wildman–Crippen LogP) is 4.74. The first kappa shape index (κ1) is 25.3. The van der Waals surface area contributed by atoms with E-state index in [4.69, 9.17) is 4.74 Å². The molecule has 0 aliphatic carbocycles. The molecule has 1 aromatic heterocycles. The summed E-state index contributed by atoms with van der Waals surface area (Å²) in [6.45, 7) is 5.97. The number of ether oxygens (including phenoxy) is 1. The van der Waals surface area contributed by atoms with Crippen LogP contribution in [-0.2, 0) is 17.4 Å². The molecule has 186 valence electrons. The van der Waals surface area contributed by atoms with Gasteiger partial charge in [0.2, 0.25) is 0 Å². The summed E-state index contributed by atoms with van der Waals surface area (Å²) in [5.74, 6) is 6.11. The van der Waals surface area contributed by atoms with E-state index >= 15 is 0 Å². The lowest BCUT2D eigenvalue weighted by Crippen LogP contribution is -2.51. The lowest BCUT2D eigenvalue weighted by atomic mass is 9.80. The largest absolute Gasteiger partial charge is 0.438 e. The van der Waals surface area contributed by atoms with Crippen LogP contribution in [0.2, 0.25) is 0 Å². The topological polar surface area (TPSA) is 71.8 Å². The Balaban J connectivity index is 1.49. The lowest BCUT2D eigenvalue weighted by molar-refractivity contribution is -0.101. The molecule has 2 atom stereocenters. The van der Waals surface area contributed by atoms with Gasteiger partial charge in [0.15, 0.2) is 0 Å². The van der Waals surface area contributed by atoms with Crippen molar-refractivity contribution in [3.8, 4) is 11.8 Å². The molecule has 1 N–H and O–H groups in total. The molecule has 1 aliphatic rings. The summed E-state index contributed by atoms with van der Waals surface area (Å²) in [5.41, 5.74) is 1.39. The van der Waals surface area contributed by atoms with Crippen molar-refractivity contribution < 1.29 is 14.6 Å². The number of hydrogen-bond acceptors (Lipinski definition) is 4. The van der Waals surface area contributed by atoms with Gasteiger partial charge in [0.25, 0.3) is 5.56 Å². The van der Waals surface area contributed by atoms with Crippen molar-refractivity contribution in [2.24, 2.45) is 7.05 Å². The quantitative estimate of drug-likeness (QED) is 0.531. The van der Waals surface area contributed by atoms with Crippen LogP contribution in [0.25, 0.3) is 0 Å². The zero-order chi connectivity index (χ0) is 25.9. The number of pyridine rings is 1. The molecule has 1 amide bonds. The van der Waals surface area contributed by atoms with Crippen LogP contribution in [0.4, 0.5) is 4.79 Å². The highest BCUT2D eigenvalue weighted by atomic mass is 16.6. The van der Waals surface area contributed by atoms with Crippen molar-refractivity contribution in [1.82, 2.24) is 9.47 Å². The van der Waals surface area contributed by atoms with E-state index in [0.717, 1.165) is 16.7 Å². The maximum Gasteiger partial charge on any atom is 0.411 e. The van der Waals surface area contributed by atoms with E-state index in [9.17, 15) is 14.7 Å². The van der Waals surface area contributed by atoms with E-state index < -0.39 is 17.3 Å². The van der Waals surface area contributed by atoms with Crippen molar-refractivity contribution in [2.45, 2.75) is 50.9 Å². The summed E-state index contributed by atoms with van der Waals surface area (Å²) in [7, 11) is 1.70. The molecule has 0 saturated carbocycles. The van der Waals surface area contributed by atoms with Gasteiger partial charge in [0, 0.05) is 49.8 Å². The number of aryl methyl sites for hydroxylation is 1. The van der Waals surface area contributed by atoms with E-state index in [2.05, 4.69) is 11.8 Å². The molecule has 2 unspecified atom stereocenters. The highest BCUT2D eigenvalue weighted by molar-refractivity contribution is 5.70. The molecule has 3 aromatic rings. The molecule has 1 saturated heterocycles. The molecule has 2 aromatic carbocycles. The van der Waals surface area contributed by atoms with Gasteiger partial charge in [-0.1, -0.05) is 54.3 Å². The number of benzene rings is 2. The summed E-state index contributed by atoms with van der Waals surface area (Å²) < 4.78 is 7.60. The van der Waals surface area contributed by atoms with Crippen LogP contribution >= 0.6 is 0 Å². The second kappa shape index (κ2) is 10.0. The van der Waals surface area contributed by atoms with Gasteiger partial charge in [0.05, 0.1) is 11.6 Å². The summed E-state index contributed by atoms with van der Waals surface area (Å²) >= 11 is 0. The molecular formula is C30H32N2O4. The monoisotopic (exact) mass is 484 g/mol. The van der Waals surface area contributed by atoms with Crippen molar-refractivity contribution in [3.63, 3.8) is 0 Å². The normalized spacial score (nSPS) is 18.7. The van der Waals surface area contributed by atoms with E-state index in [0.29, 0.717) is 24.9 Å². The second-order valence-corrected chi connectivity index (χ2v) is 10.1. The third-order valence-corrected chi connectivity index (χ3v) is 6.61. The number of aliphatic hydroxyl groups is 1. The third-order valence-electron chi connectivity index (χ3n) is 6.61. The molecule has 4 rings (SSSR count). The zero-order valence-corrected chi connectivity index (χ0v) is 21.2. The van der Waals surface area contributed by atoms with Crippen LogP contribution in [0.1, 0.15) is 61.9 Å². The van der Waals surface area contributed by atoms with Crippen LogP contribution in [0.15, 0.2) is 77.7 Å². The van der Waals surface area contributed by atoms with E-state index in [-0.39, 0.29) is 11.6 Å². The first-order valence-electron chi connectivity index (χ1n) is 12.1. The van der Waals surface area contributed by atoms with Gasteiger partial charge in [-0.2, -0.15) is 0 Å². The minimum absolute atomic E-state index is 0.0989. The molecule has 6 nitrogen and oxygen atoms in total. The fourth-order valence-electron chi connectivity index (χ4n) is 4.69. The fraction of sp³-hybridized carbons (Fsp3) is 0.333. The number of rotatable bonds is 5. The smallest absolute Gasteiger partial charge is 0.411 e. The van der Waals surface area contributed by atoms with Crippen molar-refractivity contribution in [1.29, 1.82) is 0 Å². The van der Waals surface area contributed by atoms with Gasteiger partial charge in [-0.25, -0.2) is 4.79 Å². The maximum absolute atomic E-state index is 13.2. The van der Waals surface area contributed by atoms with Gasteiger partial charge in [-0.05, 0) is 50.1 Å². The van der Waals surface area contributed by atoms with E-state index in [1.54, 1.807) is 38.1 Å². The molecule has 0 bridgehead atoms. The Morgan fingerprint density at radius 1 is 1.03 bits per heavy atom. The highest BCUT2D eigenvalue weighted by Gasteiger charge is 2.46. The average Bonchev–Trinajstić information content (AvgIpc) is 2.84. The Bertz CT molecular complexity index is 1340. The average molecular weight is 485 g/mol. The summed E-state index contributed by atoms with van der Waals surface area (Å²) in [5, 5.41) is 10.6. The van der Waals surface area contributed by atoms with Gasteiger partial charge in [-0.15, -0.1) is 0 Å². The Kier molecular flexibility index (Phi) is 7.05. The number of carbonyl (C=O) groups excluding carboxylic acids is 1. The van der Waals surface area contributed by atoms with Gasteiger partial charge in [0.1, 0.15) is 5.60 Å². The van der Waals surface area contributed by atoms with Crippen LogP contribution in [0.5, 0.6) is 0 Å². The third kappa shape index (κ3) is 5.69. The molecule has 36 heavy (non-hydrogen) atoms. The molecule has 1 fully saturated rings. The molecule has 0 spiro atoms. The maximum atomic E-state index is 13.2. The minimum Gasteiger partial charge on any atom is -0.438 e. The van der Waals surface area contributed by atoms with Gasteiger partial charge >= 0.3 is 6.09 Å². The first-order chi connectivity index (χ1) is 17.1. The second-order valence-electron chi connectivity index (χ2n) is 10.1. The lowest BCUT2D eigenvalue weighted by Gasteiger charge is -2.45. The van der Waals surface area contributed by atoms with Gasteiger partial charge < -0.3 is 19.3 Å². The van der Waals surface area contributed by atoms with E-state index in [1.807, 2.05) is 61.5 Å². The number of carbonyl (C=O) groups is 1. The van der Waals surface area contributed by atoms with Crippen LogP contribution in [0, 0.1) is 11.8 Å². The Morgan fingerprint density at radius 3 is 2.31 bits per heavy atom. The molecule has 1 aliphatic heterocycles. The summed E-state index contributed by atoms with van der Waals surface area (Å²) in [4.78, 5) is 26.7.